The molecule has 2 aromatic rings. The van der Waals surface area contributed by atoms with Crippen LogP contribution in [0.1, 0.15) is 17.0 Å². The van der Waals surface area contributed by atoms with Crippen LogP contribution >= 0.6 is 11.8 Å². The predicted octanol–water partition coefficient (Wildman–Crippen LogP) is 3.82. The molecular formula is C15H19N3O2S. The third kappa shape index (κ3) is 3.58. The molecule has 0 saturated carbocycles. The van der Waals surface area contributed by atoms with Crippen LogP contribution in [0.15, 0.2) is 28.8 Å². The highest BCUT2D eigenvalue weighted by Gasteiger charge is 2.19. The molecule has 1 N–H and O–H groups in total. The SMILES string of the molecule is CSCc1cccc(NC(=O)N(C)c2c(C)noc2C)c1. The molecule has 0 fully saturated rings. The van der Waals surface area contributed by atoms with Gasteiger partial charge in [-0.1, -0.05) is 17.3 Å². The quantitative estimate of drug-likeness (QED) is 0.933. The fraction of sp³-hybridized carbons (Fsp3) is 0.333. The lowest BCUT2D eigenvalue weighted by molar-refractivity contribution is 0.258. The summed E-state index contributed by atoms with van der Waals surface area (Å²) >= 11 is 1.75. The maximum Gasteiger partial charge on any atom is 0.326 e. The number of aryl methyl sites for hydroxylation is 2. The second-order valence-corrected chi connectivity index (χ2v) is 5.66. The highest BCUT2D eigenvalue weighted by Crippen LogP contribution is 2.24. The van der Waals surface area contributed by atoms with Crippen molar-refractivity contribution >= 4 is 29.2 Å². The molecule has 0 spiro atoms. The van der Waals surface area contributed by atoms with Gasteiger partial charge in [-0.3, -0.25) is 4.90 Å². The Morgan fingerprint density at radius 3 is 2.81 bits per heavy atom. The predicted molar refractivity (Wildman–Crippen MR) is 87.1 cm³/mol. The van der Waals surface area contributed by atoms with Crippen LogP contribution in [0.5, 0.6) is 0 Å². The number of carbonyl (C=O) groups excluding carboxylic acids is 1. The van der Waals surface area contributed by atoms with Gasteiger partial charge in [0.25, 0.3) is 0 Å². The molecule has 1 aromatic heterocycles. The van der Waals surface area contributed by atoms with E-state index in [1.807, 2.05) is 31.2 Å². The highest BCUT2D eigenvalue weighted by molar-refractivity contribution is 7.97. The fourth-order valence-corrected chi connectivity index (χ4v) is 2.68. The van der Waals surface area contributed by atoms with Crippen LogP contribution in [0, 0.1) is 13.8 Å². The molecule has 2 rings (SSSR count). The molecule has 21 heavy (non-hydrogen) atoms. The number of anilines is 2. The van der Waals surface area contributed by atoms with Gasteiger partial charge >= 0.3 is 6.03 Å². The summed E-state index contributed by atoms with van der Waals surface area (Å²) in [6.07, 6.45) is 2.05. The number of nitrogens with zero attached hydrogens (tertiary/aromatic N) is 2. The first-order valence-corrected chi connectivity index (χ1v) is 7.97. The third-order valence-electron chi connectivity index (χ3n) is 3.12. The normalized spacial score (nSPS) is 10.5. The summed E-state index contributed by atoms with van der Waals surface area (Å²) in [6.45, 7) is 3.60. The number of nitrogens with one attached hydrogen (secondary N) is 1. The van der Waals surface area contributed by atoms with Crippen molar-refractivity contribution in [2.45, 2.75) is 19.6 Å². The van der Waals surface area contributed by atoms with E-state index in [9.17, 15) is 4.79 Å². The van der Waals surface area contributed by atoms with Crippen LogP contribution in [-0.2, 0) is 5.75 Å². The zero-order valence-corrected chi connectivity index (χ0v) is 13.5. The summed E-state index contributed by atoms with van der Waals surface area (Å²) in [6, 6.07) is 7.63. The van der Waals surface area contributed by atoms with Crippen LogP contribution in [0.4, 0.5) is 16.2 Å². The van der Waals surface area contributed by atoms with E-state index in [1.54, 1.807) is 25.7 Å². The number of rotatable bonds is 4. The first-order valence-electron chi connectivity index (χ1n) is 6.58. The summed E-state index contributed by atoms with van der Waals surface area (Å²) in [4.78, 5) is 13.8. The number of hydrogen-bond donors (Lipinski definition) is 1. The Hall–Kier alpha value is -1.95. The van der Waals surface area contributed by atoms with E-state index in [-0.39, 0.29) is 6.03 Å². The summed E-state index contributed by atoms with van der Waals surface area (Å²) < 4.78 is 5.09. The van der Waals surface area contributed by atoms with Crippen molar-refractivity contribution < 1.29 is 9.32 Å². The number of aromatic nitrogens is 1. The summed E-state index contributed by atoms with van der Waals surface area (Å²) in [5, 5.41) is 6.76. The van der Waals surface area contributed by atoms with Gasteiger partial charge in [0.1, 0.15) is 11.4 Å². The smallest absolute Gasteiger partial charge is 0.326 e. The Bertz CT molecular complexity index is 620. The van der Waals surface area contributed by atoms with Crippen molar-refractivity contribution in [1.82, 2.24) is 5.16 Å². The van der Waals surface area contributed by atoms with Crippen molar-refractivity contribution in [1.29, 1.82) is 0 Å². The monoisotopic (exact) mass is 305 g/mol. The minimum absolute atomic E-state index is 0.217. The molecule has 2 amide bonds. The van der Waals surface area contributed by atoms with Gasteiger partial charge in [0, 0.05) is 18.5 Å². The van der Waals surface area contributed by atoms with E-state index in [0.29, 0.717) is 17.1 Å². The van der Waals surface area contributed by atoms with Crippen molar-refractivity contribution in [2.75, 3.05) is 23.5 Å². The Kier molecular flexibility index (Phi) is 4.90. The molecule has 0 aliphatic carbocycles. The maximum atomic E-state index is 12.3. The lowest BCUT2D eigenvalue weighted by Crippen LogP contribution is -2.31. The number of urea groups is 1. The van der Waals surface area contributed by atoms with E-state index >= 15 is 0 Å². The summed E-state index contributed by atoms with van der Waals surface area (Å²) in [7, 11) is 1.70. The van der Waals surface area contributed by atoms with Gasteiger partial charge in [-0.2, -0.15) is 11.8 Å². The molecule has 112 valence electrons. The van der Waals surface area contributed by atoms with Gasteiger partial charge in [-0.15, -0.1) is 0 Å². The van der Waals surface area contributed by atoms with Crippen LogP contribution < -0.4 is 10.2 Å². The molecule has 0 radical (unpaired) electrons. The van der Waals surface area contributed by atoms with Gasteiger partial charge in [0.2, 0.25) is 0 Å². The van der Waals surface area contributed by atoms with Crippen molar-refractivity contribution in [3.05, 3.63) is 41.3 Å². The number of carbonyl (C=O) groups is 1. The minimum atomic E-state index is -0.217. The average Bonchev–Trinajstić information content (AvgIpc) is 2.78. The minimum Gasteiger partial charge on any atom is -0.359 e. The highest BCUT2D eigenvalue weighted by atomic mass is 32.2. The zero-order chi connectivity index (χ0) is 15.4. The van der Waals surface area contributed by atoms with Gasteiger partial charge in [0.05, 0.1) is 0 Å². The largest absolute Gasteiger partial charge is 0.359 e. The lowest BCUT2D eigenvalue weighted by Gasteiger charge is -2.17. The molecule has 5 nitrogen and oxygen atoms in total. The second-order valence-electron chi connectivity index (χ2n) is 4.80. The van der Waals surface area contributed by atoms with Crippen LogP contribution in [0.2, 0.25) is 0 Å². The van der Waals surface area contributed by atoms with E-state index in [1.165, 1.54) is 10.5 Å². The molecule has 1 heterocycles. The van der Waals surface area contributed by atoms with Gasteiger partial charge < -0.3 is 9.84 Å². The number of thioether (sulfide) groups is 1. The molecule has 0 bridgehead atoms. The second kappa shape index (κ2) is 6.67. The fourth-order valence-electron chi connectivity index (χ4n) is 2.17. The van der Waals surface area contributed by atoms with E-state index in [2.05, 4.69) is 16.7 Å². The third-order valence-corrected chi connectivity index (χ3v) is 3.75. The lowest BCUT2D eigenvalue weighted by atomic mass is 10.2. The zero-order valence-electron chi connectivity index (χ0n) is 12.6. The maximum absolute atomic E-state index is 12.3. The van der Waals surface area contributed by atoms with Crippen molar-refractivity contribution in [3.63, 3.8) is 0 Å². The topological polar surface area (TPSA) is 58.4 Å². The van der Waals surface area contributed by atoms with Crippen LogP contribution in [-0.4, -0.2) is 24.5 Å². The first-order chi connectivity index (χ1) is 10.0. The number of hydrogen-bond acceptors (Lipinski definition) is 4. The molecule has 0 aliphatic heterocycles. The van der Waals surface area contributed by atoms with Gasteiger partial charge in [-0.25, -0.2) is 4.79 Å². The van der Waals surface area contributed by atoms with Crippen molar-refractivity contribution in [3.8, 4) is 0 Å². The van der Waals surface area contributed by atoms with Gasteiger partial charge in [0.15, 0.2) is 5.76 Å². The molecular weight excluding hydrogens is 286 g/mol. The molecule has 0 saturated heterocycles. The number of benzene rings is 1. The Morgan fingerprint density at radius 1 is 1.43 bits per heavy atom. The Morgan fingerprint density at radius 2 is 2.19 bits per heavy atom. The molecule has 0 atom stereocenters. The summed E-state index contributed by atoms with van der Waals surface area (Å²) in [5.41, 5.74) is 3.36. The summed E-state index contributed by atoms with van der Waals surface area (Å²) in [5.74, 6) is 1.55. The first kappa shape index (κ1) is 15.4. The Labute approximate surface area is 128 Å². The number of amides is 2. The van der Waals surface area contributed by atoms with Gasteiger partial charge in [-0.05, 0) is 37.8 Å². The average molecular weight is 305 g/mol. The molecule has 0 aliphatic rings. The van der Waals surface area contributed by atoms with Crippen molar-refractivity contribution in [2.24, 2.45) is 0 Å². The van der Waals surface area contributed by atoms with Crippen LogP contribution in [0.25, 0.3) is 0 Å². The van der Waals surface area contributed by atoms with E-state index in [0.717, 1.165) is 11.4 Å². The molecule has 1 aromatic carbocycles. The molecule has 0 unspecified atom stereocenters. The molecule has 6 heteroatoms. The van der Waals surface area contributed by atoms with E-state index < -0.39 is 0 Å². The van der Waals surface area contributed by atoms with E-state index in [4.69, 9.17) is 4.52 Å². The van der Waals surface area contributed by atoms with Crippen LogP contribution in [0.3, 0.4) is 0 Å². The standard InChI is InChI=1S/C15H19N3O2S/c1-10-14(11(2)20-17-10)18(3)15(19)16-13-7-5-6-12(8-13)9-21-4/h5-8H,9H2,1-4H3,(H,16,19). The Balaban J connectivity index is 2.12.